The number of esters is 1. The molecule has 8 heteroatoms. The molecule has 0 atom stereocenters. The molecule has 1 saturated heterocycles. The van der Waals surface area contributed by atoms with Crippen molar-refractivity contribution in [3.05, 3.63) is 22.7 Å². The Kier molecular flexibility index (Phi) is 6.25. The third-order valence-corrected chi connectivity index (χ3v) is 4.46. The van der Waals surface area contributed by atoms with Crippen LogP contribution in [-0.4, -0.2) is 50.0 Å². The molecule has 1 fully saturated rings. The summed E-state index contributed by atoms with van der Waals surface area (Å²) in [4.78, 5) is 37.3. The maximum absolute atomic E-state index is 12.8. The largest absolute Gasteiger partial charge is 0.496 e. The van der Waals surface area contributed by atoms with Crippen LogP contribution < -0.4 is 10.1 Å². The van der Waals surface area contributed by atoms with Crippen molar-refractivity contribution in [3.8, 4) is 5.75 Å². The summed E-state index contributed by atoms with van der Waals surface area (Å²) in [6.07, 6.45) is 1.11. The first-order valence-corrected chi connectivity index (χ1v) is 8.27. The van der Waals surface area contributed by atoms with E-state index in [1.54, 1.807) is 4.90 Å². The second-order valence-corrected chi connectivity index (χ2v) is 6.21. The van der Waals surface area contributed by atoms with Crippen LogP contribution in [0.15, 0.2) is 12.1 Å². The molecule has 136 valence electrons. The van der Waals surface area contributed by atoms with Crippen LogP contribution in [0.4, 0.5) is 5.69 Å². The first kappa shape index (κ1) is 19.1. The van der Waals surface area contributed by atoms with E-state index < -0.39 is 0 Å². The zero-order valence-corrected chi connectivity index (χ0v) is 15.2. The topological polar surface area (TPSA) is 84.9 Å². The molecule has 0 aliphatic carbocycles. The van der Waals surface area contributed by atoms with E-state index in [-0.39, 0.29) is 28.7 Å². The number of halogens is 1. The molecule has 1 heterocycles. The number of hydrogen-bond acceptors (Lipinski definition) is 5. The van der Waals surface area contributed by atoms with Gasteiger partial charge in [-0.15, -0.1) is 0 Å². The average molecular weight is 369 g/mol. The van der Waals surface area contributed by atoms with Gasteiger partial charge in [0, 0.05) is 26.1 Å². The minimum absolute atomic E-state index is 0.179. The van der Waals surface area contributed by atoms with Crippen molar-refractivity contribution in [2.75, 3.05) is 32.6 Å². The zero-order valence-electron chi connectivity index (χ0n) is 14.4. The van der Waals surface area contributed by atoms with Crippen LogP contribution in [0, 0.1) is 5.92 Å². The third-order valence-electron chi connectivity index (χ3n) is 4.15. The predicted molar refractivity (Wildman–Crippen MR) is 93.0 cm³/mol. The molecule has 2 rings (SSSR count). The molecule has 0 spiro atoms. The quantitative estimate of drug-likeness (QED) is 0.824. The van der Waals surface area contributed by atoms with E-state index in [1.807, 2.05) is 0 Å². The number of hydrogen-bond donors (Lipinski definition) is 1. The number of nitrogens with zero attached hydrogens (tertiary/aromatic N) is 1. The van der Waals surface area contributed by atoms with Crippen molar-refractivity contribution in [3.63, 3.8) is 0 Å². The van der Waals surface area contributed by atoms with Gasteiger partial charge in [0.05, 0.1) is 36.4 Å². The fraction of sp³-hybridized carbons (Fsp3) is 0.471. The van der Waals surface area contributed by atoms with Gasteiger partial charge in [-0.05, 0) is 18.9 Å². The van der Waals surface area contributed by atoms with Crippen LogP contribution in [0.3, 0.4) is 0 Å². The van der Waals surface area contributed by atoms with Crippen molar-refractivity contribution in [1.82, 2.24) is 4.90 Å². The van der Waals surface area contributed by atoms with Crippen molar-refractivity contribution >= 4 is 35.1 Å². The Morgan fingerprint density at radius 2 is 1.84 bits per heavy atom. The highest BCUT2D eigenvalue weighted by molar-refractivity contribution is 6.34. The molecule has 1 aliphatic rings. The second kappa shape index (κ2) is 8.20. The number of likely N-dealkylation sites (tertiary alicyclic amines) is 1. The smallest absolute Gasteiger partial charge is 0.308 e. The molecule has 1 N–H and O–H groups in total. The van der Waals surface area contributed by atoms with Gasteiger partial charge >= 0.3 is 5.97 Å². The summed E-state index contributed by atoms with van der Waals surface area (Å²) in [6, 6.07) is 3.01. The molecule has 2 amide bonds. The summed E-state index contributed by atoms with van der Waals surface area (Å²) in [7, 11) is 2.81. The normalized spacial score (nSPS) is 14.8. The summed E-state index contributed by atoms with van der Waals surface area (Å²) in [5, 5.41) is 2.84. The highest BCUT2D eigenvalue weighted by atomic mass is 35.5. The van der Waals surface area contributed by atoms with Crippen LogP contribution in [-0.2, 0) is 14.3 Å². The Labute approximate surface area is 151 Å². The Morgan fingerprint density at radius 3 is 2.36 bits per heavy atom. The van der Waals surface area contributed by atoms with Gasteiger partial charge in [-0.3, -0.25) is 14.4 Å². The maximum atomic E-state index is 12.8. The number of benzene rings is 1. The number of nitrogens with one attached hydrogen (secondary N) is 1. The van der Waals surface area contributed by atoms with Gasteiger partial charge in [0.25, 0.3) is 5.91 Å². The molecule has 0 unspecified atom stereocenters. The number of piperidine rings is 1. The zero-order chi connectivity index (χ0) is 18.6. The van der Waals surface area contributed by atoms with Gasteiger partial charge in [-0.25, -0.2) is 0 Å². The summed E-state index contributed by atoms with van der Waals surface area (Å²) < 4.78 is 10.0. The predicted octanol–water partition coefficient (Wildman–Crippen LogP) is 2.33. The summed E-state index contributed by atoms with van der Waals surface area (Å²) in [5.41, 5.74) is 0.699. The fourth-order valence-electron chi connectivity index (χ4n) is 2.83. The fourth-order valence-corrected chi connectivity index (χ4v) is 3.04. The Bertz CT molecular complexity index is 684. The molecule has 25 heavy (non-hydrogen) atoms. The van der Waals surface area contributed by atoms with Crippen molar-refractivity contribution in [1.29, 1.82) is 0 Å². The van der Waals surface area contributed by atoms with Crippen LogP contribution in [0.25, 0.3) is 0 Å². The number of carbonyl (C=O) groups is 3. The Morgan fingerprint density at radius 1 is 1.20 bits per heavy atom. The summed E-state index contributed by atoms with van der Waals surface area (Å²) in [6.45, 7) is 2.27. The van der Waals surface area contributed by atoms with E-state index >= 15 is 0 Å². The molecule has 0 bridgehead atoms. The first-order valence-electron chi connectivity index (χ1n) is 7.89. The molecule has 1 aliphatic heterocycles. The van der Waals surface area contributed by atoms with E-state index in [9.17, 15) is 14.4 Å². The minimum atomic E-state index is -0.270. The molecule has 1 aromatic rings. The van der Waals surface area contributed by atoms with E-state index in [4.69, 9.17) is 21.1 Å². The SMILES string of the molecule is COC(=O)C1CCN(C(=O)c2cc(Cl)c(NC(C)=O)cc2OC)CC1. The molecule has 0 saturated carbocycles. The maximum Gasteiger partial charge on any atom is 0.308 e. The Hall–Kier alpha value is -2.28. The summed E-state index contributed by atoms with van der Waals surface area (Å²) in [5.74, 6) is -0.591. The van der Waals surface area contributed by atoms with Crippen molar-refractivity contribution < 1.29 is 23.9 Å². The van der Waals surface area contributed by atoms with Crippen LogP contribution >= 0.6 is 11.6 Å². The van der Waals surface area contributed by atoms with E-state index in [2.05, 4.69) is 5.32 Å². The molecule has 0 aromatic heterocycles. The van der Waals surface area contributed by atoms with Crippen LogP contribution in [0.5, 0.6) is 5.75 Å². The number of carbonyl (C=O) groups excluding carboxylic acids is 3. The lowest BCUT2D eigenvalue weighted by Gasteiger charge is -2.31. The highest BCUT2D eigenvalue weighted by Crippen LogP contribution is 2.32. The number of ether oxygens (including phenoxy) is 2. The minimum Gasteiger partial charge on any atom is -0.496 e. The molecule has 7 nitrogen and oxygen atoms in total. The number of amides is 2. The third kappa shape index (κ3) is 4.42. The molecular weight excluding hydrogens is 348 g/mol. The van der Waals surface area contributed by atoms with Gasteiger partial charge in [0.1, 0.15) is 5.75 Å². The van der Waals surface area contributed by atoms with Gasteiger partial charge in [0.2, 0.25) is 5.91 Å². The lowest BCUT2D eigenvalue weighted by Crippen LogP contribution is -2.40. The van der Waals surface area contributed by atoms with E-state index in [1.165, 1.54) is 33.3 Å². The van der Waals surface area contributed by atoms with Crippen molar-refractivity contribution in [2.24, 2.45) is 5.92 Å². The Balaban J connectivity index is 2.18. The lowest BCUT2D eigenvalue weighted by atomic mass is 9.96. The van der Waals surface area contributed by atoms with Gasteiger partial charge in [-0.1, -0.05) is 11.6 Å². The highest BCUT2D eigenvalue weighted by Gasteiger charge is 2.29. The lowest BCUT2D eigenvalue weighted by molar-refractivity contribution is -0.146. The van der Waals surface area contributed by atoms with Gasteiger partial charge in [-0.2, -0.15) is 0 Å². The monoisotopic (exact) mass is 368 g/mol. The van der Waals surface area contributed by atoms with Crippen LogP contribution in [0.2, 0.25) is 5.02 Å². The van der Waals surface area contributed by atoms with Gasteiger partial charge < -0.3 is 19.7 Å². The number of methoxy groups -OCH3 is 2. The standard InChI is InChI=1S/C17H21ClN2O5/c1-10(21)19-14-9-15(24-2)12(8-13(14)18)16(22)20-6-4-11(5-7-20)17(23)25-3/h8-9,11H,4-7H2,1-3H3,(H,19,21). The van der Waals surface area contributed by atoms with Gasteiger partial charge in [0.15, 0.2) is 0 Å². The number of rotatable bonds is 4. The van der Waals surface area contributed by atoms with E-state index in [0.29, 0.717) is 42.9 Å². The van der Waals surface area contributed by atoms with Crippen LogP contribution in [0.1, 0.15) is 30.1 Å². The molecule has 1 aromatic carbocycles. The van der Waals surface area contributed by atoms with E-state index in [0.717, 1.165) is 0 Å². The first-order chi connectivity index (χ1) is 11.9. The van der Waals surface area contributed by atoms with Crippen molar-refractivity contribution in [2.45, 2.75) is 19.8 Å². The summed E-state index contributed by atoms with van der Waals surface area (Å²) >= 11 is 6.17. The number of anilines is 1. The molecule has 0 radical (unpaired) electrons. The average Bonchev–Trinajstić information content (AvgIpc) is 2.61. The molecular formula is C17H21ClN2O5. The second-order valence-electron chi connectivity index (χ2n) is 5.80.